The maximum Gasteiger partial charge on any atom is 0.229 e. The third-order valence-corrected chi connectivity index (χ3v) is 4.35. The van der Waals surface area contributed by atoms with E-state index in [1.54, 1.807) is 36.5 Å². The lowest BCUT2D eigenvalue weighted by atomic mass is 10.00. The molecule has 0 spiro atoms. The number of halogens is 2. The van der Waals surface area contributed by atoms with Crippen LogP contribution in [-0.2, 0) is 0 Å². The molecule has 0 N–H and O–H groups in total. The smallest absolute Gasteiger partial charge is 0.229 e. The van der Waals surface area contributed by atoms with Crippen molar-refractivity contribution in [3.63, 3.8) is 0 Å². The van der Waals surface area contributed by atoms with Gasteiger partial charge in [-0.1, -0.05) is 23.7 Å². The zero-order valence-corrected chi connectivity index (χ0v) is 12.9. The van der Waals surface area contributed by atoms with E-state index in [0.717, 1.165) is 16.0 Å². The van der Waals surface area contributed by atoms with Gasteiger partial charge in [-0.05, 0) is 30.3 Å². The first-order valence-electron chi connectivity index (χ1n) is 7.28. The quantitative estimate of drug-likeness (QED) is 0.596. The summed E-state index contributed by atoms with van der Waals surface area (Å²) in [5.74, 6) is -0.325. The Balaban J connectivity index is 1.93. The second kappa shape index (κ2) is 5.35. The molecule has 2 heterocycles. The molecular formula is C17H13ClFN3O. The Morgan fingerprint density at radius 3 is 2.87 bits per heavy atom. The lowest BCUT2D eigenvalue weighted by Crippen LogP contribution is -2.34. The van der Waals surface area contributed by atoms with Crippen molar-refractivity contribution in [2.24, 2.45) is 4.99 Å². The molecule has 2 aliphatic heterocycles. The minimum Gasteiger partial charge on any atom is -0.623 e. The molecule has 23 heavy (non-hydrogen) atoms. The molecule has 1 atom stereocenters. The van der Waals surface area contributed by atoms with Crippen LogP contribution in [0.3, 0.4) is 0 Å². The van der Waals surface area contributed by atoms with E-state index in [4.69, 9.17) is 11.6 Å². The van der Waals surface area contributed by atoms with E-state index in [1.807, 2.05) is 11.0 Å². The van der Waals surface area contributed by atoms with Gasteiger partial charge in [-0.3, -0.25) is 4.99 Å². The molecule has 0 radical (unpaired) electrons. The van der Waals surface area contributed by atoms with Crippen molar-refractivity contribution in [3.8, 4) is 0 Å². The predicted octanol–water partition coefficient (Wildman–Crippen LogP) is 3.06. The largest absolute Gasteiger partial charge is 0.623 e. The number of aliphatic imine (C=N–C) groups is 1. The zero-order valence-electron chi connectivity index (χ0n) is 12.1. The van der Waals surface area contributed by atoms with Crippen LogP contribution in [0, 0.1) is 11.0 Å². The number of hydrogen-bond donors (Lipinski definition) is 0. The van der Waals surface area contributed by atoms with Crippen LogP contribution in [0.2, 0.25) is 5.02 Å². The maximum absolute atomic E-state index is 14.3. The fourth-order valence-electron chi connectivity index (χ4n) is 3.08. The van der Waals surface area contributed by atoms with E-state index in [1.165, 1.54) is 6.07 Å². The normalized spacial score (nSPS) is 19.6. The first kappa shape index (κ1) is 14.2. The van der Waals surface area contributed by atoms with Gasteiger partial charge in [0.15, 0.2) is 6.21 Å². The Morgan fingerprint density at radius 2 is 2.04 bits per heavy atom. The highest BCUT2D eigenvalue weighted by Crippen LogP contribution is 2.32. The fraction of sp³-hybridized carbons (Fsp3) is 0.176. The van der Waals surface area contributed by atoms with Crippen molar-refractivity contribution in [1.29, 1.82) is 0 Å². The average molecular weight is 330 g/mol. The van der Waals surface area contributed by atoms with Gasteiger partial charge in [0, 0.05) is 16.1 Å². The van der Waals surface area contributed by atoms with Gasteiger partial charge in [0.05, 0.1) is 17.9 Å². The van der Waals surface area contributed by atoms with Crippen LogP contribution in [0.4, 0.5) is 10.1 Å². The van der Waals surface area contributed by atoms with Gasteiger partial charge in [-0.15, -0.1) is 0 Å². The summed E-state index contributed by atoms with van der Waals surface area (Å²) < 4.78 is 15.2. The lowest BCUT2D eigenvalue weighted by molar-refractivity contribution is -0.443. The minimum absolute atomic E-state index is 0.128. The van der Waals surface area contributed by atoms with Crippen LogP contribution in [0.25, 0.3) is 0 Å². The molecular weight excluding hydrogens is 317 g/mol. The van der Waals surface area contributed by atoms with Crippen LogP contribution in [-0.4, -0.2) is 35.9 Å². The summed E-state index contributed by atoms with van der Waals surface area (Å²) in [5, 5.41) is 12.2. The Labute approximate surface area is 137 Å². The van der Waals surface area contributed by atoms with Crippen molar-refractivity contribution in [1.82, 2.24) is 0 Å². The van der Waals surface area contributed by atoms with Gasteiger partial charge in [0.1, 0.15) is 11.9 Å². The van der Waals surface area contributed by atoms with Crippen LogP contribution >= 0.6 is 11.6 Å². The summed E-state index contributed by atoms with van der Waals surface area (Å²) in [5.41, 5.74) is 2.60. The first-order chi connectivity index (χ1) is 11.1. The summed E-state index contributed by atoms with van der Waals surface area (Å²) in [6, 6.07) is 11.8. The highest BCUT2D eigenvalue weighted by Gasteiger charge is 2.33. The van der Waals surface area contributed by atoms with E-state index in [-0.39, 0.29) is 18.5 Å². The monoisotopic (exact) mass is 329 g/mol. The van der Waals surface area contributed by atoms with Gasteiger partial charge < -0.3 is 10.1 Å². The standard InChI is InChI=1S/C17H13ClFN3O/c18-11-5-6-16-14(7-11)17(13-3-1-2-4-15(13)19)20-8-12-9-21(23)10-22(12)16/h1-7,9,12H,8,10H2. The SMILES string of the molecule is [O-][N+]1=CC2CN=C(c3ccccc3F)c3cc(Cl)ccc3N2C1. The Morgan fingerprint density at radius 1 is 1.22 bits per heavy atom. The number of hydroxylamine groups is 1. The second-order valence-corrected chi connectivity index (χ2v) is 6.01. The van der Waals surface area contributed by atoms with Crippen molar-refractivity contribution >= 4 is 29.2 Å². The highest BCUT2D eigenvalue weighted by atomic mass is 35.5. The average Bonchev–Trinajstić information content (AvgIpc) is 2.83. The molecule has 2 aliphatic rings. The molecule has 0 saturated heterocycles. The molecule has 116 valence electrons. The van der Waals surface area contributed by atoms with Gasteiger partial charge in [-0.25, -0.2) is 4.39 Å². The molecule has 0 aliphatic carbocycles. The van der Waals surface area contributed by atoms with E-state index < -0.39 is 0 Å². The van der Waals surface area contributed by atoms with E-state index in [0.29, 0.717) is 22.8 Å². The molecule has 6 heteroatoms. The van der Waals surface area contributed by atoms with Gasteiger partial charge in [0.2, 0.25) is 6.67 Å². The molecule has 0 amide bonds. The van der Waals surface area contributed by atoms with Crippen molar-refractivity contribution in [2.45, 2.75) is 6.04 Å². The second-order valence-electron chi connectivity index (χ2n) is 5.58. The van der Waals surface area contributed by atoms with Gasteiger partial charge >= 0.3 is 0 Å². The molecule has 2 aromatic carbocycles. The lowest BCUT2D eigenvalue weighted by Gasteiger charge is -2.21. The van der Waals surface area contributed by atoms with Crippen molar-refractivity contribution < 1.29 is 9.13 Å². The fourth-order valence-corrected chi connectivity index (χ4v) is 3.25. The van der Waals surface area contributed by atoms with E-state index >= 15 is 0 Å². The van der Waals surface area contributed by atoms with Crippen LogP contribution in [0.5, 0.6) is 0 Å². The number of rotatable bonds is 1. The molecule has 1 unspecified atom stereocenters. The summed E-state index contributed by atoms with van der Waals surface area (Å²) in [6.07, 6.45) is 1.60. The Hall–Kier alpha value is -2.40. The zero-order chi connectivity index (χ0) is 16.0. The Kier molecular flexibility index (Phi) is 3.31. The van der Waals surface area contributed by atoms with Crippen LogP contribution in [0.15, 0.2) is 47.5 Å². The highest BCUT2D eigenvalue weighted by molar-refractivity contribution is 6.31. The summed E-state index contributed by atoms with van der Waals surface area (Å²) in [4.78, 5) is 6.56. The van der Waals surface area contributed by atoms with E-state index in [2.05, 4.69) is 4.99 Å². The molecule has 0 aromatic heterocycles. The van der Waals surface area contributed by atoms with Crippen LogP contribution in [0.1, 0.15) is 11.1 Å². The van der Waals surface area contributed by atoms with Gasteiger partial charge in [-0.2, -0.15) is 4.74 Å². The van der Waals surface area contributed by atoms with E-state index in [9.17, 15) is 9.60 Å². The summed E-state index contributed by atoms with van der Waals surface area (Å²) >= 11 is 6.15. The molecule has 2 aromatic rings. The molecule has 4 rings (SSSR count). The van der Waals surface area contributed by atoms with Crippen LogP contribution < -0.4 is 4.90 Å². The number of nitrogens with zero attached hydrogens (tertiary/aromatic N) is 3. The third-order valence-electron chi connectivity index (χ3n) is 4.12. The Bertz CT molecular complexity index is 849. The van der Waals surface area contributed by atoms with Crippen molar-refractivity contribution in [3.05, 3.63) is 69.6 Å². The summed E-state index contributed by atoms with van der Waals surface area (Å²) in [7, 11) is 0. The molecule has 0 fully saturated rings. The topological polar surface area (TPSA) is 41.7 Å². The first-order valence-corrected chi connectivity index (χ1v) is 7.66. The molecule has 0 bridgehead atoms. The molecule has 0 saturated carbocycles. The van der Waals surface area contributed by atoms with Crippen molar-refractivity contribution in [2.75, 3.05) is 18.1 Å². The predicted molar refractivity (Wildman–Crippen MR) is 89.2 cm³/mol. The number of hydrogen-bond acceptors (Lipinski definition) is 3. The number of benzene rings is 2. The number of anilines is 1. The minimum atomic E-state index is -0.325. The third kappa shape index (κ3) is 2.37. The maximum atomic E-state index is 14.3. The summed E-state index contributed by atoms with van der Waals surface area (Å²) in [6.45, 7) is 0.633. The number of fused-ring (bicyclic) bond motifs is 3. The van der Waals surface area contributed by atoms with Gasteiger partial charge in [0.25, 0.3) is 0 Å². The molecule has 4 nitrogen and oxygen atoms in total.